The molecule has 0 saturated carbocycles. The summed E-state index contributed by atoms with van der Waals surface area (Å²) in [6.45, 7) is 0. The van der Waals surface area contributed by atoms with Gasteiger partial charge >= 0.3 is 0 Å². The zero-order valence-electron chi connectivity index (χ0n) is 10.9. The van der Waals surface area contributed by atoms with Crippen LogP contribution in [0, 0.1) is 11.3 Å². The molecular weight excluding hydrogens is 286 g/mol. The normalized spacial score (nSPS) is 10.3. The van der Waals surface area contributed by atoms with Gasteiger partial charge in [-0.15, -0.1) is 0 Å². The van der Waals surface area contributed by atoms with E-state index in [0.717, 1.165) is 10.9 Å². The second-order valence-electron chi connectivity index (χ2n) is 4.54. The first kappa shape index (κ1) is 13.2. The van der Waals surface area contributed by atoms with Gasteiger partial charge in [0.1, 0.15) is 6.07 Å². The number of H-pyrrole nitrogens is 1. The lowest BCUT2D eigenvalue weighted by molar-refractivity contribution is 0.102. The molecule has 0 aliphatic carbocycles. The number of nitriles is 1. The van der Waals surface area contributed by atoms with Gasteiger partial charge in [0, 0.05) is 28.4 Å². The van der Waals surface area contributed by atoms with Crippen molar-refractivity contribution in [3.63, 3.8) is 0 Å². The highest BCUT2D eigenvalue weighted by Crippen LogP contribution is 2.21. The number of halogens is 1. The zero-order chi connectivity index (χ0) is 14.8. The predicted octanol–water partition coefficient (Wildman–Crippen LogP) is 3.95. The van der Waals surface area contributed by atoms with E-state index in [1.807, 2.05) is 30.5 Å². The number of amides is 1. The Labute approximate surface area is 126 Å². The molecular formula is C16H10ClN3O. The van der Waals surface area contributed by atoms with E-state index in [4.69, 9.17) is 16.9 Å². The summed E-state index contributed by atoms with van der Waals surface area (Å²) >= 11 is 5.86. The maximum Gasteiger partial charge on any atom is 0.255 e. The topological polar surface area (TPSA) is 68.7 Å². The molecule has 0 aliphatic rings. The van der Waals surface area contributed by atoms with E-state index < -0.39 is 0 Å². The number of nitrogens with one attached hydrogen (secondary N) is 2. The van der Waals surface area contributed by atoms with Crippen molar-refractivity contribution in [1.82, 2.24) is 4.98 Å². The average Bonchev–Trinajstić information content (AvgIpc) is 2.96. The number of hydrogen-bond acceptors (Lipinski definition) is 2. The van der Waals surface area contributed by atoms with Crippen LogP contribution >= 0.6 is 11.6 Å². The summed E-state index contributed by atoms with van der Waals surface area (Å²) in [7, 11) is 0. The summed E-state index contributed by atoms with van der Waals surface area (Å²) in [5.74, 6) is -0.232. The first-order chi connectivity index (χ1) is 10.2. The van der Waals surface area contributed by atoms with Crippen molar-refractivity contribution in [1.29, 1.82) is 5.26 Å². The lowest BCUT2D eigenvalue weighted by Crippen LogP contribution is -2.11. The number of rotatable bonds is 2. The van der Waals surface area contributed by atoms with E-state index in [9.17, 15) is 4.79 Å². The minimum atomic E-state index is -0.232. The Kier molecular flexibility index (Phi) is 3.35. The number of benzene rings is 2. The highest BCUT2D eigenvalue weighted by molar-refractivity contribution is 6.31. The molecule has 0 spiro atoms. The summed E-state index contributed by atoms with van der Waals surface area (Å²) in [4.78, 5) is 15.3. The molecule has 0 fully saturated rings. The molecule has 1 aromatic heterocycles. The van der Waals surface area contributed by atoms with Gasteiger partial charge in [0.25, 0.3) is 5.91 Å². The van der Waals surface area contributed by atoms with Crippen molar-refractivity contribution < 1.29 is 4.79 Å². The van der Waals surface area contributed by atoms with E-state index in [-0.39, 0.29) is 5.91 Å². The Morgan fingerprint density at radius 2 is 2.05 bits per heavy atom. The van der Waals surface area contributed by atoms with Gasteiger partial charge in [-0.3, -0.25) is 4.79 Å². The lowest BCUT2D eigenvalue weighted by atomic mass is 10.1. The maximum atomic E-state index is 12.2. The number of anilines is 1. The van der Waals surface area contributed by atoms with Gasteiger partial charge in [-0.2, -0.15) is 5.26 Å². The molecule has 4 nitrogen and oxygen atoms in total. The Morgan fingerprint density at radius 3 is 2.86 bits per heavy atom. The van der Waals surface area contributed by atoms with Crippen LogP contribution in [0.5, 0.6) is 0 Å². The van der Waals surface area contributed by atoms with Crippen LogP contribution in [-0.2, 0) is 0 Å². The molecule has 0 radical (unpaired) electrons. The van der Waals surface area contributed by atoms with Crippen molar-refractivity contribution >= 4 is 34.1 Å². The Hall–Kier alpha value is -2.77. The first-order valence-corrected chi connectivity index (χ1v) is 6.63. The number of carbonyl (C=O) groups excluding carboxylic acids is 1. The van der Waals surface area contributed by atoms with Gasteiger partial charge in [-0.05, 0) is 42.5 Å². The fourth-order valence-corrected chi connectivity index (χ4v) is 2.25. The standard InChI is InChI=1S/C16H10ClN3O/c17-14-3-2-13(8-12(14)9-18)20-16(21)11-1-4-15-10(7-11)5-6-19-15/h1-8,19H,(H,20,21). The fourth-order valence-electron chi connectivity index (χ4n) is 2.09. The quantitative estimate of drug-likeness (QED) is 0.751. The molecule has 5 heteroatoms. The van der Waals surface area contributed by atoms with Gasteiger partial charge < -0.3 is 10.3 Å². The fraction of sp³-hybridized carbons (Fsp3) is 0. The molecule has 1 heterocycles. The highest BCUT2D eigenvalue weighted by atomic mass is 35.5. The molecule has 0 saturated heterocycles. The van der Waals surface area contributed by atoms with E-state index in [1.165, 1.54) is 0 Å². The molecule has 0 unspecified atom stereocenters. The molecule has 102 valence electrons. The van der Waals surface area contributed by atoms with E-state index in [1.54, 1.807) is 24.3 Å². The monoisotopic (exact) mass is 295 g/mol. The van der Waals surface area contributed by atoms with Crippen LogP contribution in [0.25, 0.3) is 10.9 Å². The third-order valence-corrected chi connectivity index (χ3v) is 3.49. The molecule has 3 aromatic rings. The van der Waals surface area contributed by atoms with Crippen LogP contribution in [0.1, 0.15) is 15.9 Å². The second-order valence-corrected chi connectivity index (χ2v) is 4.95. The van der Waals surface area contributed by atoms with Crippen molar-refractivity contribution in [2.75, 3.05) is 5.32 Å². The molecule has 0 atom stereocenters. The first-order valence-electron chi connectivity index (χ1n) is 6.25. The van der Waals surface area contributed by atoms with Crippen LogP contribution in [0.15, 0.2) is 48.7 Å². The van der Waals surface area contributed by atoms with Crippen LogP contribution in [0.3, 0.4) is 0 Å². The minimum Gasteiger partial charge on any atom is -0.361 e. The second kappa shape index (κ2) is 5.31. The van der Waals surface area contributed by atoms with Gasteiger partial charge in [0.15, 0.2) is 0 Å². The Bertz CT molecular complexity index is 877. The van der Waals surface area contributed by atoms with Gasteiger partial charge in [-0.25, -0.2) is 0 Å². The number of carbonyl (C=O) groups is 1. The van der Waals surface area contributed by atoms with E-state index in [0.29, 0.717) is 21.8 Å². The molecule has 2 N–H and O–H groups in total. The number of aromatic nitrogens is 1. The SMILES string of the molecule is N#Cc1cc(NC(=O)c2ccc3[nH]ccc3c2)ccc1Cl. The third-order valence-electron chi connectivity index (χ3n) is 3.16. The molecule has 3 rings (SSSR count). The minimum absolute atomic E-state index is 0.232. The van der Waals surface area contributed by atoms with E-state index in [2.05, 4.69) is 10.3 Å². The molecule has 21 heavy (non-hydrogen) atoms. The lowest BCUT2D eigenvalue weighted by Gasteiger charge is -2.06. The summed E-state index contributed by atoms with van der Waals surface area (Å²) in [6, 6.07) is 14.1. The molecule has 0 bridgehead atoms. The highest BCUT2D eigenvalue weighted by Gasteiger charge is 2.09. The van der Waals surface area contributed by atoms with Gasteiger partial charge in [0.05, 0.1) is 10.6 Å². The number of fused-ring (bicyclic) bond motifs is 1. The maximum absolute atomic E-state index is 12.2. The van der Waals surface area contributed by atoms with Gasteiger partial charge in [-0.1, -0.05) is 11.6 Å². The largest absolute Gasteiger partial charge is 0.361 e. The smallest absolute Gasteiger partial charge is 0.255 e. The number of hydrogen-bond donors (Lipinski definition) is 2. The summed E-state index contributed by atoms with van der Waals surface area (Å²) in [6.07, 6.45) is 1.82. The zero-order valence-corrected chi connectivity index (χ0v) is 11.6. The summed E-state index contributed by atoms with van der Waals surface area (Å²) < 4.78 is 0. The van der Waals surface area contributed by atoms with Crippen molar-refractivity contribution in [3.8, 4) is 6.07 Å². The molecule has 2 aromatic carbocycles. The summed E-state index contributed by atoms with van der Waals surface area (Å²) in [5.41, 5.74) is 2.39. The summed E-state index contributed by atoms with van der Waals surface area (Å²) in [5, 5.41) is 13.0. The van der Waals surface area contributed by atoms with Crippen LogP contribution < -0.4 is 5.32 Å². The average molecular weight is 296 g/mol. The van der Waals surface area contributed by atoms with Crippen LogP contribution in [0.4, 0.5) is 5.69 Å². The number of nitrogens with zero attached hydrogens (tertiary/aromatic N) is 1. The van der Waals surface area contributed by atoms with Crippen LogP contribution in [-0.4, -0.2) is 10.9 Å². The number of aromatic amines is 1. The van der Waals surface area contributed by atoms with Crippen molar-refractivity contribution in [2.45, 2.75) is 0 Å². The van der Waals surface area contributed by atoms with Gasteiger partial charge in [0.2, 0.25) is 0 Å². The Balaban J connectivity index is 1.87. The third kappa shape index (κ3) is 2.60. The molecule has 0 aliphatic heterocycles. The van der Waals surface area contributed by atoms with Crippen LogP contribution in [0.2, 0.25) is 5.02 Å². The molecule has 1 amide bonds. The van der Waals surface area contributed by atoms with Crippen molar-refractivity contribution in [3.05, 3.63) is 64.8 Å². The predicted molar refractivity (Wildman–Crippen MR) is 82.4 cm³/mol. The Morgan fingerprint density at radius 1 is 1.19 bits per heavy atom. The van der Waals surface area contributed by atoms with Crippen molar-refractivity contribution in [2.24, 2.45) is 0 Å². The van der Waals surface area contributed by atoms with E-state index >= 15 is 0 Å².